The maximum atomic E-state index is 13.2. The number of phenols is 1. The molecule has 0 unspecified atom stereocenters. The molecule has 0 aromatic heterocycles. The summed E-state index contributed by atoms with van der Waals surface area (Å²) < 4.78 is 13.2. The molecule has 0 fully saturated rings. The van der Waals surface area contributed by atoms with Gasteiger partial charge in [0.05, 0.1) is 0 Å². The van der Waals surface area contributed by atoms with E-state index in [4.69, 9.17) is 0 Å². The molecule has 0 heterocycles. The first kappa shape index (κ1) is 13.1. The average Bonchev–Trinajstić information content (AvgIpc) is 2.36. The highest BCUT2D eigenvalue weighted by Crippen LogP contribution is 2.15. The van der Waals surface area contributed by atoms with Crippen molar-refractivity contribution in [3.63, 3.8) is 0 Å². The Morgan fingerprint density at radius 3 is 2.68 bits per heavy atom. The maximum Gasteiger partial charge on any atom is 0.251 e. The van der Waals surface area contributed by atoms with Gasteiger partial charge in [-0.2, -0.15) is 0 Å². The molecule has 0 aliphatic rings. The fraction of sp³-hybridized carbons (Fsp3) is 0.133. The second kappa shape index (κ2) is 5.52. The van der Waals surface area contributed by atoms with E-state index in [1.54, 1.807) is 37.3 Å². The summed E-state index contributed by atoms with van der Waals surface area (Å²) in [5.41, 5.74) is 1.57. The van der Waals surface area contributed by atoms with Crippen molar-refractivity contribution in [2.45, 2.75) is 13.5 Å². The van der Waals surface area contributed by atoms with Gasteiger partial charge in [0, 0.05) is 17.7 Å². The zero-order valence-corrected chi connectivity index (χ0v) is 10.5. The Kier molecular flexibility index (Phi) is 3.80. The van der Waals surface area contributed by atoms with Crippen LogP contribution in [0.4, 0.5) is 4.39 Å². The molecule has 0 atom stereocenters. The van der Waals surface area contributed by atoms with E-state index in [1.807, 2.05) is 0 Å². The summed E-state index contributed by atoms with van der Waals surface area (Å²) in [7, 11) is 0. The van der Waals surface area contributed by atoms with Crippen LogP contribution in [0.3, 0.4) is 0 Å². The molecule has 19 heavy (non-hydrogen) atoms. The third-order valence-corrected chi connectivity index (χ3v) is 2.74. The van der Waals surface area contributed by atoms with E-state index in [-0.39, 0.29) is 23.8 Å². The van der Waals surface area contributed by atoms with Gasteiger partial charge in [-0.15, -0.1) is 0 Å². The van der Waals surface area contributed by atoms with Gasteiger partial charge < -0.3 is 10.4 Å². The average molecular weight is 259 g/mol. The van der Waals surface area contributed by atoms with E-state index in [1.165, 1.54) is 12.1 Å². The number of amides is 1. The Bertz CT molecular complexity index is 591. The number of halogens is 1. The van der Waals surface area contributed by atoms with E-state index < -0.39 is 5.82 Å². The molecular formula is C15H14FNO2. The number of carbonyl (C=O) groups excluding carboxylic acids is 1. The summed E-state index contributed by atoms with van der Waals surface area (Å²) in [6.45, 7) is 1.92. The summed E-state index contributed by atoms with van der Waals surface area (Å²) in [6.07, 6.45) is 0. The van der Waals surface area contributed by atoms with Crippen molar-refractivity contribution < 1.29 is 14.3 Å². The lowest BCUT2D eigenvalue weighted by Gasteiger charge is -2.07. The zero-order chi connectivity index (χ0) is 13.8. The molecule has 2 rings (SSSR count). The van der Waals surface area contributed by atoms with Crippen molar-refractivity contribution >= 4 is 5.91 Å². The number of phenolic OH excluding ortho intramolecular Hbond substituents is 1. The van der Waals surface area contributed by atoms with Gasteiger partial charge in [-0.05, 0) is 36.8 Å². The monoisotopic (exact) mass is 259 g/mol. The van der Waals surface area contributed by atoms with Crippen LogP contribution in [0.15, 0.2) is 42.5 Å². The number of aryl methyl sites for hydroxylation is 1. The summed E-state index contributed by atoms with van der Waals surface area (Å²) >= 11 is 0. The van der Waals surface area contributed by atoms with Crippen molar-refractivity contribution in [1.29, 1.82) is 0 Å². The van der Waals surface area contributed by atoms with Crippen LogP contribution < -0.4 is 5.32 Å². The normalized spacial score (nSPS) is 10.2. The molecule has 4 heteroatoms. The molecule has 0 aliphatic carbocycles. The molecule has 98 valence electrons. The van der Waals surface area contributed by atoms with Crippen LogP contribution in [0, 0.1) is 12.7 Å². The lowest BCUT2D eigenvalue weighted by Crippen LogP contribution is -2.23. The van der Waals surface area contributed by atoms with Crippen LogP contribution in [-0.2, 0) is 6.54 Å². The fourth-order valence-electron chi connectivity index (χ4n) is 1.81. The third kappa shape index (κ3) is 3.31. The molecule has 0 radical (unpaired) electrons. The quantitative estimate of drug-likeness (QED) is 0.890. The number of rotatable bonds is 3. The number of benzene rings is 2. The van der Waals surface area contributed by atoms with E-state index in [0.29, 0.717) is 11.1 Å². The van der Waals surface area contributed by atoms with Crippen molar-refractivity contribution in [2.75, 3.05) is 0 Å². The molecular weight excluding hydrogens is 245 g/mol. The SMILES string of the molecule is Cc1cc(F)cc(C(=O)NCc2ccccc2O)c1. The second-order valence-corrected chi connectivity index (χ2v) is 4.33. The molecule has 0 bridgehead atoms. The Labute approximate surface area is 110 Å². The summed E-state index contributed by atoms with van der Waals surface area (Å²) in [6, 6.07) is 10.9. The summed E-state index contributed by atoms with van der Waals surface area (Å²) in [4.78, 5) is 11.9. The van der Waals surface area contributed by atoms with Crippen molar-refractivity contribution in [3.8, 4) is 5.75 Å². The third-order valence-electron chi connectivity index (χ3n) is 2.74. The standard InChI is InChI=1S/C15H14FNO2/c1-10-6-12(8-13(16)7-10)15(19)17-9-11-4-2-3-5-14(11)18/h2-8,18H,9H2,1H3,(H,17,19). The first-order valence-corrected chi connectivity index (χ1v) is 5.88. The van der Waals surface area contributed by atoms with Crippen molar-refractivity contribution in [2.24, 2.45) is 0 Å². The number of hydrogen-bond acceptors (Lipinski definition) is 2. The molecule has 3 nitrogen and oxygen atoms in total. The van der Waals surface area contributed by atoms with Crippen LogP contribution in [0.25, 0.3) is 0 Å². The highest BCUT2D eigenvalue weighted by molar-refractivity contribution is 5.94. The predicted octanol–water partition coefficient (Wildman–Crippen LogP) is 2.77. The molecule has 0 spiro atoms. The smallest absolute Gasteiger partial charge is 0.251 e. The maximum absolute atomic E-state index is 13.2. The van der Waals surface area contributed by atoms with E-state index >= 15 is 0 Å². The van der Waals surface area contributed by atoms with Crippen LogP contribution in [0.1, 0.15) is 21.5 Å². The molecule has 2 N–H and O–H groups in total. The number of aromatic hydroxyl groups is 1. The van der Waals surface area contributed by atoms with Gasteiger partial charge in [0.2, 0.25) is 0 Å². The van der Waals surface area contributed by atoms with Crippen molar-refractivity contribution in [1.82, 2.24) is 5.32 Å². The highest BCUT2D eigenvalue weighted by atomic mass is 19.1. The molecule has 1 amide bonds. The van der Waals surface area contributed by atoms with Gasteiger partial charge in [-0.1, -0.05) is 18.2 Å². The first-order valence-electron chi connectivity index (χ1n) is 5.88. The minimum absolute atomic E-state index is 0.123. The molecule has 0 saturated heterocycles. The van der Waals surface area contributed by atoms with Crippen LogP contribution >= 0.6 is 0 Å². The van der Waals surface area contributed by atoms with Gasteiger partial charge >= 0.3 is 0 Å². The molecule has 2 aromatic carbocycles. The van der Waals surface area contributed by atoms with Crippen LogP contribution in [0.5, 0.6) is 5.75 Å². The van der Waals surface area contributed by atoms with Crippen molar-refractivity contribution in [3.05, 3.63) is 65.0 Å². The van der Waals surface area contributed by atoms with Crippen LogP contribution in [0.2, 0.25) is 0 Å². The van der Waals surface area contributed by atoms with Crippen LogP contribution in [-0.4, -0.2) is 11.0 Å². The minimum Gasteiger partial charge on any atom is -0.508 e. The van der Waals surface area contributed by atoms with Gasteiger partial charge in [-0.3, -0.25) is 4.79 Å². The Morgan fingerprint density at radius 2 is 2.00 bits per heavy atom. The molecule has 0 saturated carbocycles. The first-order chi connectivity index (χ1) is 9.06. The Hall–Kier alpha value is -2.36. The number of carbonyl (C=O) groups is 1. The minimum atomic E-state index is -0.437. The number of para-hydroxylation sites is 1. The Morgan fingerprint density at radius 1 is 1.26 bits per heavy atom. The lowest BCUT2D eigenvalue weighted by molar-refractivity contribution is 0.0950. The number of nitrogens with one attached hydrogen (secondary N) is 1. The lowest BCUT2D eigenvalue weighted by atomic mass is 10.1. The second-order valence-electron chi connectivity index (χ2n) is 4.33. The van der Waals surface area contributed by atoms with E-state index in [0.717, 1.165) is 0 Å². The summed E-state index contributed by atoms with van der Waals surface area (Å²) in [5.74, 6) is -0.684. The molecule has 0 aliphatic heterocycles. The predicted molar refractivity (Wildman–Crippen MR) is 70.4 cm³/mol. The summed E-state index contributed by atoms with van der Waals surface area (Å²) in [5, 5.41) is 12.2. The Balaban J connectivity index is 2.08. The molecule has 2 aromatic rings. The van der Waals surface area contributed by atoms with Gasteiger partial charge in [0.1, 0.15) is 11.6 Å². The van der Waals surface area contributed by atoms with Gasteiger partial charge in [0.15, 0.2) is 0 Å². The number of hydrogen-bond donors (Lipinski definition) is 2. The van der Waals surface area contributed by atoms with E-state index in [2.05, 4.69) is 5.32 Å². The highest BCUT2D eigenvalue weighted by Gasteiger charge is 2.08. The fourth-order valence-corrected chi connectivity index (χ4v) is 1.81. The van der Waals surface area contributed by atoms with Gasteiger partial charge in [-0.25, -0.2) is 4.39 Å². The largest absolute Gasteiger partial charge is 0.508 e. The van der Waals surface area contributed by atoms with E-state index in [9.17, 15) is 14.3 Å². The topological polar surface area (TPSA) is 49.3 Å². The zero-order valence-electron chi connectivity index (χ0n) is 10.5. The van der Waals surface area contributed by atoms with Gasteiger partial charge in [0.25, 0.3) is 5.91 Å².